The Morgan fingerprint density at radius 3 is 2.80 bits per heavy atom. The number of thiazole rings is 1. The van der Waals surface area contributed by atoms with Gasteiger partial charge in [-0.15, -0.1) is 11.3 Å². The summed E-state index contributed by atoms with van der Waals surface area (Å²) < 4.78 is 28.2. The smallest absolute Gasteiger partial charge is 0.262 e. The summed E-state index contributed by atoms with van der Waals surface area (Å²) in [6.45, 7) is 0. The third-order valence-corrected chi connectivity index (χ3v) is 8.40. The van der Waals surface area contributed by atoms with Gasteiger partial charge in [-0.3, -0.25) is 4.79 Å². The molecule has 178 valence electrons. The fraction of sp³-hybridized carbons (Fsp3) is 0.217. The highest BCUT2D eigenvalue weighted by molar-refractivity contribution is 7.89. The molecule has 0 saturated heterocycles. The molecule has 35 heavy (non-hydrogen) atoms. The number of carbonyl (C=O) groups is 1. The van der Waals surface area contributed by atoms with E-state index in [4.69, 9.17) is 5.26 Å². The summed E-state index contributed by atoms with van der Waals surface area (Å²) >= 11 is 1.28. The lowest BCUT2D eigenvalue weighted by Gasteiger charge is -2.37. The van der Waals surface area contributed by atoms with Gasteiger partial charge in [0.05, 0.1) is 34.0 Å². The first-order chi connectivity index (χ1) is 16.9. The first kappa shape index (κ1) is 23.0. The number of pyridine rings is 1. The number of nitriles is 1. The summed E-state index contributed by atoms with van der Waals surface area (Å²) in [5, 5.41) is 16.7. The summed E-state index contributed by atoms with van der Waals surface area (Å²) in [6.07, 6.45) is 6.24. The predicted octanol–water partition coefficient (Wildman–Crippen LogP) is 2.84. The van der Waals surface area contributed by atoms with Crippen LogP contribution in [0.4, 0.5) is 5.69 Å². The van der Waals surface area contributed by atoms with Crippen molar-refractivity contribution in [2.24, 2.45) is 0 Å². The van der Waals surface area contributed by atoms with Gasteiger partial charge in [0.15, 0.2) is 0 Å². The molecule has 10 nitrogen and oxygen atoms in total. The molecular weight excluding hydrogens is 486 g/mol. The average molecular weight is 508 g/mol. The minimum atomic E-state index is -3.72. The second-order valence-corrected chi connectivity index (χ2v) is 10.9. The number of carbonyl (C=O) groups excluding carboxylic acids is 1. The molecule has 1 saturated carbocycles. The van der Waals surface area contributed by atoms with Crippen LogP contribution in [0, 0.1) is 11.3 Å². The summed E-state index contributed by atoms with van der Waals surface area (Å²) in [7, 11) is -2.15. The van der Waals surface area contributed by atoms with Crippen LogP contribution in [0.3, 0.4) is 0 Å². The zero-order chi connectivity index (χ0) is 24.6. The molecule has 1 aromatic carbocycles. The Labute approximate surface area is 205 Å². The fourth-order valence-electron chi connectivity index (χ4n) is 4.01. The maximum Gasteiger partial charge on any atom is 0.262 e. The minimum Gasteiger partial charge on any atom is -0.381 e. The highest BCUT2D eigenvalue weighted by atomic mass is 32.2. The largest absolute Gasteiger partial charge is 0.381 e. The molecule has 0 spiro atoms. The number of fused-ring (bicyclic) bond motifs is 1. The number of anilines is 1. The first-order valence-electron chi connectivity index (χ1n) is 10.8. The van der Waals surface area contributed by atoms with Gasteiger partial charge in [0.2, 0.25) is 10.0 Å². The van der Waals surface area contributed by atoms with E-state index in [-0.39, 0.29) is 22.9 Å². The molecule has 1 fully saturated rings. The van der Waals surface area contributed by atoms with Crippen molar-refractivity contribution < 1.29 is 13.2 Å². The maximum atomic E-state index is 12.7. The third-order valence-electron chi connectivity index (χ3n) is 5.86. The number of aromatic nitrogens is 3. The van der Waals surface area contributed by atoms with Crippen LogP contribution in [0.15, 0.2) is 53.8 Å². The number of sulfonamides is 1. The van der Waals surface area contributed by atoms with Gasteiger partial charge >= 0.3 is 0 Å². The van der Waals surface area contributed by atoms with Crippen molar-refractivity contribution in [2.45, 2.75) is 29.8 Å². The van der Waals surface area contributed by atoms with E-state index < -0.39 is 10.0 Å². The molecule has 0 atom stereocenters. The lowest BCUT2D eigenvalue weighted by molar-refractivity contribution is 0.0967. The van der Waals surface area contributed by atoms with E-state index in [0.717, 1.165) is 16.6 Å². The number of rotatable bonds is 7. The van der Waals surface area contributed by atoms with Gasteiger partial charge in [-0.2, -0.15) is 5.26 Å². The second kappa shape index (κ2) is 9.10. The molecule has 1 aliphatic carbocycles. The van der Waals surface area contributed by atoms with Gasteiger partial charge in [-0.1, -0.05) is 6.07 Å². The van der Waals surface area contributed by atoms with Gasteiger partial charge in [0.1, 0.15) is 15.5 Å². The van der Waals surface area contributed by atoms with Crippen molar-refractivity contribution in [1.29, 1.82) is 5.26 Å². The molecule has 0 unspecified atom stereocenters. The van der Waals surface area contributed by atoms with Crippen LogP contribution in [0.1, 0.15) is 28.1 Å². The molecule has 1 amide bonds. The highest BCUT2D eigenvalue weighted by Crippen LogP contribution is 2.38. The number of benzene rings is 1. The number of nitrogens with one attached hydrogen (secondary N) is 4. The normalized spacial score (nSPS) is 17.5. The highest BCUT2D eigenvalue weighted by Gasteiger charge is 2.34. The topological polar surface area (TPSA) is 153 Å². The van der Waals surface area contributed by atoms with E-state index >= 15 is 0 Å². The molecule has 3 heterocycles. The van der Waals surface area contributed by atoms with E-state index in [2.05, 4.69) is 30.3 Å². The SMILES string of the molecule is CNC(=O)c1cnc(-c2cnc3[nH]ccc3c2N[C@H]2C[C@@H](NS(=O)(=O)c3cccc(C#N)c3)C2)s1. The Morgan fingerprint density at radius 2 is 2.03 bits per heavy atom. The van der Waals surface area contributed by atoms with Crippen molar-refractivity contribution in [1.82, 2.24) is 25.0 Å². The zero-order valence-electron chi connectivity index (χ0n) is 18.6. The van der Waals surface area contributed by atoms with E-state index in [1.54, 1.807) is 37.8 Å². The van der Waals surface area contributed by atoms with Crippen LogP contribution in [-0.4, -0.2) is 48.4 Å². The molecule has 0 bridgehead atoms. The number of aromatic amines is 1. The first-order valence-corrected chi connectivity index (χ1v) is 13.1. The molecular formula is C23H21N7O3S2. The van der Waals surface area contributed by atoms with Crippen molar-refractivity contribution >= 4 is 44.0 Å². The van der Waals surface area contributed by atoms with Crippen molar-refractivity contribution in [3.63, 3.8) is 0 Å². The number of nitrogens with zero attached hydrogens (tertiary/aromatic N) is 3. The van der Waals surface area contributed by atoms with Gasteiger partial charge in [0.25, 0.3) is 5.91 Å². The lowest BCUT2D eigenvalue weighted by Crippen LogP contribution is -2.49. The molecule has 4 N–H and O–H groups in total. The van der Waals surface area contributed by atoms with Crippen LogP contribution in [-0.2, 0) is 10.0 Å². The van der Waals surface area contributed by atoms with Gasteiger partial charge in [-0.05, 0) is 37.1 Å². The summed E-state index contributed by atoms with van der Waals surface area (Å²) in [5.41, 5.74) is 2.62. The van der Waals surface area contributed by atoms with E-state index in [0.29, 0.717) is 33.9 Å². The Morgan fingerprint density at radius 1 is 1.20 bits per heavy atom. The van der Waals surface area contributed by atoms with Crippen LogP contribution in [0.2, 0.25) is 0 Å². The lowest BCUT2D eigenvalue weighted by atomic mass is 9.87. The van der Waals surface area contributed by atoms with Gasteiger partial charge < -0.3 is 15.6 Å². The van der Waals surface area contributed by atoms with Crippen LogP contribution in [0.5, 0.6) is 0 Å². The quantitative estimate of drug-likeness (QED) is 0.300. The Bertz CT molecular complexity index is 1560. The predicted molar refractivity (Wildman–Crippen MR) is 133 cm³/mol. The number of H-pyrrole nitrogens is 1. The summed E-state index contributed by atoms with van der Waals surface area (Å²) in [5.74, 6) is -0.201. The van der Waals surface area contributed by atoms with E-state index in [9.17, 15) is 13.2 Å². The number of amides is 1. The minimum absolute atomic E-state index is 0.0331. The maximum absolute atomic E-state index is 12.7. The molecule has 4 aromatic rings. The van der Waals surface area contributed by atoms with Crippen molar-refractivity contribution in [3.05, 3.63) is 59.4 Å². The Balaban J connectivity index is 1.33. The monoisotopic (exact) mass is 507 g/mol. The molecule has 1 aliphatic rings. The number of hydrogen-bond donors (Lipinski definition) is 4. The van der Waals surface area contributed by atoms with Crippen molar-refractivity contribution in [2.75, 3.05) is 12.4 Å². The van der Waals surface area contributed by atoms with Crippen LogP contribution >= 0.6 is 11.3 Å². The Kier molecular flexibility index (Phi) is 5.98. The molecule has 12 heteroatoms. The average Bonchev–Trinajstić information content (AvgIpc) is 3.52. The summed E-state index contributed by atoms with van der Waals surface area (Å²) in [6, 6.07) is 9.65. The second-order valence-electron chi connectivity index (χ2n) is 8.17. The molecule has 0 aliphatic heterocycles. The van der Waals surface area contributed by atoms with Gasteiger partial charge in [0, 0.05) is 36.9 Å². The number of hydrogen-bond acceptors (Lipinski definition) is 8. The fourth-order valence-corrected chi connectivity index (χ4v) is 6.19. The van der Waals surface area contributed by atoms with Gasteiger partial charge in [-0.25, -0.2) is 23.1 Å². The zero-order valence-corrected chi connectivity index (χ0v) is 20.2. The molecule has 0 radical (unpaired) electrons. The standard InChI is InChI=1S/C23H21N7O3S2/c1-25-22(31)19-12-28-23(34-19)18-11-27-21-17(5-6-26-21)20(18)29-14-8-15(9-14)30-35(32,33)16-4-2-3-13(7-16)10-24/h2-7,11-12,14-15,30H,8-9H2,1H3,(H,25,31)(H2,26,27,29)/t14-,15+. The van der Waals surface area contributed by atoms with E-state index in [1.165, 1.54) is 23.5 Å². The van der Waals surface area contributed by atoms with Crippen LogP contribution < -0.4 is 15.4 Å². The molecule has 3 aromatic heterocycles. The van der Waals surface area contributed by atoms with Crippen molar-refractivity contribution in [3.8, 4) is 16.6 Å². The summed E-state index contributed by atoms with van der Waals surface area (Å²) in [4.78, 5) is 24.6. The molecule has 5 rings (SSSR count). The van der Waals surface area contributed by atoms with E-state index in [1.807, 2.05) is 12.1 Å². The van der Waals surface area contributed by atoms with Crippen LogP contribution in [0.25, 0.3) is 21.6 Å². The Hall–Kier alpha value is -3.79. The third kappa shape index (κ3) is 4.49.